The van der Waals surface area contributed by atoms with Gasteiger partial charge in [0.05, 0.1) is 33.5 Å². The number of benzene rings is 3. The van der Waals surface area contributed by atoms with Gasteiger partial charge in [-0.25, -0.2) is 9.69 Å². The van der Waals surface area contributed by atoms with E-state index in [1.54, 1.807) is 6.07 Å². The molecule has 40 heavy (non-hydrogen) atoms. The van der Waals surface area contributed by atoms with E-state index in [2.05, 4.69) is 5.32 Å². The molecule has 1 saturated heterocycles. The summed E-state index contributed by atoms with van der Waals surface area (Å²) in [5.74, 6) is -3.38. The molecule has 1 fully saturated rings. The van der Waals surface area contributed by atoms with Gasteiger partial charge in [-0.2, -0.15) is 13.2 Å². The summed E-state index contributed by atoms with van der Waals surface area (Å²) in [6, 6.07) is 11.6. The average molecular weight is 552 g/mol. The van der Waals surface area contributed by atoms with Gasteiger partial charge >= 0.3 is 12.1 Å². The lowest BCUT2D eigenvalue weighted by molar-refractivity contribution is -0.138. The van der Waals surface area contributed by atoms with Crippen LogP contribution in [0.4, 0.5) is 30.2 Å². The maximum Gasteiger partial charge on any atom is 0.416 e. The number of alkyl halides is 3. The summed E-state index contributed by atoms with van der Waals surface area (Å²) in [5, 5.41) is 11.8. The zero-order chi connectivity index (χ0) is 28.8. The Morgan fingerprint density at radius 3 is 2.25 bits per heavy atom. The Kier molecular flexibility index (Phi) is 6.82. The Morgan fingerprint density at radius 1 is 0.875 bits per heavy atom. The van der Waals surface area contributed by atoms with E-state index in [1.807, 2.05) is 4.90 Å². The number of anilines is 3. The number of carboxylic acids is 1. The highest BCUT2D eigenvalue weighted by atomic mass is 19.4. The molecule has 0 radical (unpaired) electrons. The van der Waals surface area contributed by atoms with Gasteiger partial charge in [0.1, 0.15) is 0 Å². The number of carbonyl (C=O) groups is 4. The first-order valence-electron chi connectivity index (χ1n) is 12.6. The highest BCUT2D eigenvalue weighted by Crippen LogP contribution is 2.36. The number of fused-ring (bicyclic) bond motifs is 1. The van der Waals surface area contributed by atoms with Gasteiger partial charge in [0.25, 0.3) is 17.7 Å². The fourth-order valence-electron chi connectivity index (χ4n) is 5.07. The molecule has 8 nitrogen and oxygen atoms in total. The standard InChI is InChI=1S/C29H24F3N3O5/c1-16-5-7-18(14-23(16)29(30,31)32)33-25(36)22-15-19(8-10-24(22)34-11-3-2-4-12-34)35-26(37)20-9-6-17(28(39)40)13-21(20)27(35)38/h5-10,13-15H,2-4,11-12H2,1H3,(H,33,36)(H,39,40). The van der Waals surface area contributed by atoms with E-state index in [1.165, 1.54) is 43.3 Å². The highest BCUT2D eigenvalue weighted by Gasteiger charge is 2.38. The SMILES string of the molecule is Cc1ccc(NC(=O)c2cc(N3C(=O)c4ccc(C(=O)O)cc4C3=O)ccc2N2CCCCC2)cc1C(F)(F)F. The van der Waals surface area contributed by atoms with Crippen molar-refractivity contribution >= 4 is 40.8 Å². The number of hydrogen-bond acceptors (Lipinski definition) is 5. The molecule has 3 aromatic rings. The van der Waals surface area contributed by atoms with Crippen LogP contribution in [0, 0.1) is 6.92 Å². The number of piperidine rings is 1. The van der Waals surface area contributed by atoms with Crippen LogP contribution in [0.25, 0.3) is 0 Å². The molecule has 11 heteroatoms. The highest BCUT2D eigenvalue weighted by molar-refractivity contribution is 6.35. The number of nitrogens with zero attached hydrogens (tertiary/aromatic N) is 2. The fraction of sp³-hybridized carbons (Fsp3) is 0.241. The first kappa shape index (κ1) is 26.9. The molecule has 2 heterocycles. The van der Waals surface area contributed by atoms with Crippen molar-refractivity contribution in [2.75, 3.05) is 28.2 Å². The molecule has 0 spiro atoms. The van der Waals surface area contributed by atoms with Crippen molar-refractivity contribution in [3.05, 3.63) is 88.0 Å². The molecule has 206 valence electrons. The number of nitrogens with one attached hydrogen (secondary N) is 1. The number of aryl methyl sites for hydroxylation is 1. The zero-order valence-electron chi connectivity index (χ0n) is 21.3. The predicted molar refractivity (Wildman–Crippen MR) is 141 cm³/mol. The van der Waals surface area contributed by atoms with Crippen LogP contribution in [0.15, 0.2) is 54.6 Å². The number of carboxylic acid groups (broad SMARTS) is 1. The minimum atomic E-state index is -4.60. The number of aromatic carboxylic acids is 1. The number of halogens is 3. The van der Waals surface area contributed by atoms with Gasteiger partial charge in [0.15, 0.2) is 0 Å². The summed E-state index contributed by atoms with van der Waals surface area (Å²) in [6.45, 7) is 2.65. The average Bonchev–Trinajstić information content (AvgIpc) is 3.18. The van der Waals surface area contributed by atoms with Gasteiger partial charge in [0, 0.05) is 24.5 Å². The van der Waals surface area contributed by atoms with Crippen LogP contribution in [0.3, 0.4) is 0 Å². The number of hydrogen-bond donors (Lipinski definition) is 2. The van der Waals surface area contributed by atoms with Crippen molar-refractivity contribution in [2.45, 2.75) is 32.4 Å². The predicted octanol–water partition coefficient (Wildman–Crippen LogP) is 5.76. The molecule has 0 aliphatic carbocycles. The second-order valence-electron chi connectivity index (χ2n) is 9.74. The third-order valence-electron chi connectivity index (χ3n) is 7.11. The molecule has 2 aliphatic heterocycles. The van der Waals surface area contributed by atoms with E-state index in [0.717, 1.165) is 36.3 Å². The molecule has 3 amide bonds. The monoisotopic (exact) mass is 551 g/mol. The van der Waals surface area contributed by atoms with E-state index < -0.39 is 35.4 Å². The summed E-state index contributed by atoms with van der Waals surface area (Å²) in [6.07, 6.45) is -1.80. The van der Waals surface area contributed by atoms with Gasteiger partial charge in [-0.1, -0.05) is 6.07 Å². The summed E-state index contributed by atoms with van der Waals surface area (Å²) in [5.41, 5.74) is -0.437. The van der Waals surface area contributed by atoms with Crippen molar-refractivity contribution in [3.8, 4) is 0 Å². The lowest BCUT2D eigenvalue weighted by atomic mass is 10.0. The topological polar surface area (TPSA) is 107 Å². The fourth-order valence-corrected chi connectivity index (χ4v) is 5.07. The van der Waals surface area contributed by atoms with Crippen LogP contribution in [-0.4, -0.2) is 41.9 Å². The van der Waals surface area contributed by atoms with Crippen LogP contribution in [0.2, 0.25) is 0 Å². The summed E-state index contributed by atoms with van der Waals surface area (Å²) < 4.78 is 40.4. The van der Waals surface area contributed by atoms with Gasteiger partial charge in [-0.3, -0.25) is 14.4 Å². The van der Waals surface area contributed by atoms with Crippen molar-refractivity contribution in [1.29, 1.82) is 0 Å². The van der Waals surface area contributed by atoms with Crippen molar-refractivity contribution < 1.29 is 37.5 Å². The minimum Gasteiger partial charge on any atom is -0.478 e. The van der Waals surface area contributed by atoms with Crippen molar-refractivity contribution in [3.63, 3.8) is 0 Å². The van der Waals surface area contributed by atoms with Gasteiger partial charge < -0.3 is 15.3 Å². The van der Waals surface area contributed by atoms with Crippen molar-refractivity contribution in [1.82, 2.24) is 0 Å². The van der Waals surface area contributed by atoms with Gasteiger partial charge in [0.2, 0.25) is 0 Å². The molecule has 0 bridgehead atoms. The molecule has 0 unspecified atom stereocenters. The maximum atomic E-state index is 13.5. The Hall–Kier alpha value is -4.67. The number of amides is 3. The summed E-state index contributed by atoms with van der Waals surface area (Å²) >= 11 is 0. The third kappa shape index (κ3) is 4.90. The Bertz CT molecular complexity index is 1560. The molecule has 0 aromatic heterocycles. The molecular formula is C29H24F3N3O5. The Labute approximate surface area is 227 Å². The lowest BCUT2D eigenvalue weighted by Gasteiger charge is -2.31. The minimum absolute atomic E-state index is 0.0122. The maximum absolute atomic E-state index is 13.5. The van der Waals surface area contributed by atoms with Gasteiger partial charge in [-0.15, -0.1) is 0 Å². The molecule has 0 saturated carbocycles. The number of imide groups is 1. The second-order valence-corrected chi connectivity index (χ2v) is 9.74. The van der Waals surface area contributed by atoms with E-state index in [-0.39, 0.29) is 39.2 Å². The first-order chi connectivity index (χ1) is 19.0. The quantitative estimate of drug-likeness (QED) is 0.391. The van der Waals surface area contributed by atoms with Crippen LogP contribution in [0.5, 0.6) is 0 Å². The van der Waals surface area contributed by atoms with E-state index in [4.69, 9.17) is 0 Å². The number of carbonyl (C=O) groups excluding carboxylic acids is 3. The van der Waals surface area contributed by atoms with Crippen LogP contribution < -0.4 is 15.1 Å². The molecule has 3 aromatic carbocycles. The normalized spacial score (nSPS) is 15.3. The van der Waals surface area contributed by atoms with E-state index >= 15 is 0 Å². The van der Waals surface area contributed by atoms with Crippen LogP contribution in [0.1, 0.15) is 71.8 Å². The number of rotatable bonds is 5. The molecular weight excluding hydrogens is 527 g/mol. The van der Waals surface area contributed by atoms with Crippen LogP contribution >= 0.6 is 0 Å². The molecule has 5 rings (SSSR count). The zero-order valence-corrected chi connectivity index (χ0v) is 21.3. The third-order valence-corrected chi connectivity index (χ3v) is 7.11. The van der Waals surface area contributed by atoms with E-state index in [9.17, 15) is 37.5 Å². The van der Waals surface area contributed by atoms with Crippen molar-refractivity contribution in [2.24, 2.45) is 0 Å². The van der Waals surface area contributed by atoms with Crippen LogP contribution in [-0.2, 0) is 6.18 Å². The lowest BCUT2D eigenvalue weighted by Crippen LogP contribution is -2.33. The molecule has 0 atom stereocenters. The smallest absolute Gasteiger partial charge is 0.416 e. The Balaban J connectivity index is 1.53. The molecule has 2 aliphatic rings. The Morgan fingerprint density at radius 2 is 1.57 bits per heavy atom. The largest absolute Gasteiger partial charge is 0.478 e. The first-order valence-corrected chi connectivity index (χ1v) is 12.6. The van der Waals surface area contributed by atoms with E-state index in [0.29, 0.717) is 18.8 Å². The summed E-state index contributed by atoms with van der Waals surface area (Å²) in [4.78, 5) is 54.1. The molecule has 2 N–H and O–H groups in total. The van der Waals surface area contributed by atoms with Gasteiger partial charge in [-0.05, 0) is 80.3 Å². The summed E-state index contributed by atoms with van der Waals surface area (Å²) in [7, 11) is 0. The second kappa shape index (κ2) is 10.1.